The third-order valence-corrected chi connectivity index (χ3v) is 3.45. The molecule has 0 bridgehead atoms. The number of nitrogens with one attached hydrogen (secondary N) is 1. The van der Waals surface area contributed by atoms with Gasteiger partial charge in [0.1, 0.15) is 0 Å². The average Bonchev–Trinajstić information content (AvgIpc) is 2.27. The molecule has 0 aromatic heterocycles. The van der Waals surface area contributed by atoms with Gasteiger partial charge >= 0.3 is 0 Å². The van der Waals surface area contributed by atoms with Crippen LogP contribution in [-0.4, -0.2) is 22.7 Å². The van der Waals surface area contributed by atoms with Crippen molar-refractivity contribution in [1.29, 1.82) is 0 Å². The van der Waals surface area contributed by atoms with Crippen molar-refractivity contribution in [2.45, 2.75) is 45.3 Å². The fourth-order valence-corrected chi connectivity index (χ4v) is 1.71. The van der Waals surface area contributed by atoms with Crippen LogP contribution in [0.5, 0.6) is 0 Å². The van der Waals surface area contributed by atoms with E-state index in [-0.39, 0.29) is 5.91 Å². The van der Waals surface area contributed by atoms with E-state index in [1.54, 1.807) is 20.8 Å². The molecular weight excluding hydrogens is 250 g/mol. The number of aliphatic hydroxyl groups excluding tert-OH is 1. The molecule has 0 heterocycles. The topological polar surface area (TPSA) is 49.3 Å². The molecule has 0 spiro atoms. The summed E-state index contributed by atoms with van der Waals surface area (Å²) in [6.07, 6.45) is 0.364. The highest BCUT2D eigenvalue weighted by Gasteiger charge is 2.25. The van der Waals surface area contributed by atoms with Gasteiger partial charge in [0.2, 0.25) is 5.91 Å². The van der Waals surface area contributed by atoms with Crippen LogP contribution in [0.2, 0.25) is 5.02 Å². The van der Waals surface area contributed by atoms with Crippen molar-refractivity contribution in [3.8, 4) is 0 Å². The molecule has 1 aromatic carbocycles. The Morgan fingerprint density at radius 2 is 2.06 bits per heavy atom. The molecule has 0 fully saturated rings. The highest BCUT2D eigenvalue weighted by molar-refractivity contribution is 6.31. The molecule has 18 heavy (non-hydrogen) atoms. The number of amides is 1. The zero-order chi connectivity index (χ0) is 13.8. The summed E-state index contributed by atoms with van der Waals surface area (Å²) in [4.78, 5) is 11.8. The lowest BCUT2D eigenvalue weighted by Gasteiger charge is -2.29. The van der Waals surface area contributed by atoms with Gasteiger partial charge in [-0.1, -0.05) is 29.8 Å². The third-order valence-electron chi connectivity index (χ3n) is 3.09. The maximum absolute atomic E-state index is 11.8. The lowest BCUT2D eigenvalue weighted by atomic mass is 9.98. The number of hydrogen-bond acceptors (Lipinski definition) is 2. The van der Waals surface area contributed by atoms with Gasteiger partial charge in [0, 0.05) is 11.4 Å². The van der Waals surface area contributed by atoms with Crippen LogP contribution in [0.4, 0.5) is 0 Å². The van der Waals surface area contributed by atoms with Crippen molar-refractivity contribution >= 4 is 17.5 Å². The second-order valence-corrected chi connectivity index (χ2v) is 5.44. The van der Waals surface area contributed by atoms with Crippen molar-refractivity contribution < 1.29 is 9.90 Å². The van der Waals surface area contributed by atoms with Gasteiger partial charge in [-0.2, -0.15) is 0 Å². The lowest BCUT2D eigenvalue weighted by molar-refractivity contribution is -0.123. The monoisotopic (exact) mass is 269 g/mol. The first kappa shape index (κ1) is 15.0. The SMILES string of the molecule is CC(O)C(C)(C)NC(=O)CCc1ccccc1Cl. The van der Waals surface area contributed by atoms with Crippen LogP contribution < -0.4 is 5.32 Å². The first-order valence-corrected chi connectivity index (χ1v) is 6.43. The van der Waals surface area contributed by atoms with Gasteiger partial charge < -0.3 is 10.4 Å². The quantitative estimate of drug-likeness (QED) is 0.863. The molecule has 0 aliphatic rings. The van der Waals surface area contributed by atoms with Gasteiger partial charge in [-0.3, -0.25) is 4.79 Å². The zero-order valence-electron chi connectivity index (χ0n) is 11.0. The minimum Gasteiger partial charge on any atom is -0.391 e. The van der Waals surface area contributed by atoms with Gasteiger partial charge in [-0.25, -0.2) is 0 Å². The number of halogens is 1. The van der Waals surface area contributed by atoms with Crippen LogP contribution in [0.1, 0.15) is 32.8 Å². The largest absolute Gasteiger partial charge is 0.391 e. The molecule has 2 N–H and O–H groups in total. The van der Waals surface area contributed by atoms with E-state index in [4.69, 9.17) is 11.6 Å². The van der Waals surface area contributed by atoms with E-state index in [0.29, 0.717) is 17.9 Å². The minimum absolute atomic E-state index is 0.0826. The van der Waals surface area contributed by atoms with Crippen molar-refractivity contribution in [2.75, 3.05) is 0 Å². The molecule has 0 radical (unpaired) electrons. The number of hydrogen-bond donors (Lipinski definition) is 2. The Morgan fingerprint density at radius 3 is 2.61 bits per heavy atom. The summed E-state index contributed by atoms with van der Waals surface area (Å²) in [6.45, 7) is 5.25. The second-order valence-electron chi connectivity index (χ2n) is 5.04. The molecule has 100 valence electrons. The summed E-state index contributed by atoms with van der Waals surface area (Å²) in [7, 11) is 0. The molecule has 0 aliphatic heterocycles. The van der Waals surface area contributed by atoms with Crippen LogP contribution in [0.3, 0.4) is 0 Å². The second kappa shape index (κ2) is 6.21. The first-order chi connectivity index (χ1) is 8.33. The fourth-order valence-electron chi connectivity index (χ4n) is 1.48. The summed E-state index contributed by atoms with van der Waals surface area (Å²) in [5, 5.41) is 13.0. The van der Waals surface area contributed by atoms with Crippen molar-refractivity contribution in [2.24, 2.45) is 0 Å². The summed E-state index contributed by atoms with van der Waals surface area (Å²) >= 11 is 6.02. The Bertz CT molecular complexity index is 416. The van der Waals surface area contributed by atoms with Crippen LogP contribution >= 0.6 is 11.6 Å². The summed E-state index contributed by atoms with van der Waals surface area (Å²) in [5.41, 5.74) is 0.349. The molecule has 0 saturated carbocycles. The Kier molecular flexibility index (Phi) is 5.17. The Hall–Kier alpha value is -1.06. The standard InChI is InChI=1S/C14H20ClNO2/c1-10(17)14(2,3)16-13(18)9-8-11-6-4-5-7-12(11)15/h4-7,10,17H,8-9H2,1-3H3,(H,16,18). The van der Waals surface area contributed by atoms with E-state index < -0.39 is 11.6 Å². The molecule has 4 heteroatoms. The van der Waals surface area contributed by atoms with Crippen LogP contribution in [0, 0.1) is 0 Å². The van der Waals surface area contributed by atoms with E-state index >= 15 is 0 Å². The summed E-state index contributed by atoms with van der Waals surface area (Å²) < 4.78 is 0. The molecule has 1 atom stereocenters. The predicted octanol–water partition coefficient (Wildman–Crippen LogP) is 2.55. The molecule has 3 nitrogen and oxygen atoms in total. The van der Waals surface area contributed by atoms with E-state index in [9.17, 15) is 9.90 Å². The highest BCUT2D eigenvalue weighted by atomic mass is 35.5. The van der Waals surface area contributed by atoms with E-state index in [1.807, 2.05) is 24.3 Å². The van der Waals surface area contributed by atoms with Gasteiger partial charge in [-0.05, 0) is 38.8 Å². The van der Waals surface area contributed by atoms with E-state index in [2.05, 4.69) is 5.32 Å². The molecule has 1 rings (SSSR count). The average molecular weight is 270 g/mol. The Morgan fingerprint density at radius 1 is 1.44 bits per heavy atom. The normalized spacial score (nSPS) is 13.2. The number of benzene rings is 1. The van der Waals surface area contributed by atoms with Gasteiger partial charge in [0.15, 0.2) is 0 Å². The fraction of sp³-hybridized carbons (Fsp3) is 0.500. The van der Waals surface area contributed by atoms with Crippen LogP contribution in [0.15, 0.2) is 24.3 Å². The zero-order valence-corrected chi connectivity index (χ0v) is 11.8. The molecule has 1 unspecified atom stereocenters. The Balaban J connectivity index is 2.50. The van der Waals surface area contributed by atoms with E-state index in [0.717, 1.165) is 5.56 Å². The maximum Gasteiger partial charge on any atom is 0.220 e. The number of aryl methyl sites for hydroxylation is 1. The Labute approximate surface area is 113 Å². The van der Waals surface area contributed by atoms with Gasteiger partial charge in [-0.15, -0.1) is 0 Å². The third kappa shape index (κ3) is 4.31. The number of aliphatic hydroxyl groups is 1. The van der Waals surface area contributed by atoms with E-state index in [1.165, 1.54) is 0 Å². The predicted molar refractivity (Wildman–Crippen MR) is 73.7 cm³/mol. The molecule has 1 amide bonds. The summed E-state index contributed by atoms with van der Waals surface area (Å²) in [5.74, 6) is -0.0826. The van der Waals surface area contributed by atoms with Crippen LogP contribution in [0.25, 0.3) is 0 Å². The molecule has 1 aromatic rings. The number of carbonyl (C=O) groups is 1. The molecule has 0 saturated heterocycles. The highest BCUT2D eigenvalue weighted by Crippen LogP contribution is 2.17. The molecular formula is C14H20ClNO2. The van der Waals surface area contributed by atoms with Crippen molar-refractivity contribution in [3.63, 3.8) is 0 Å². The summed E-state index contributed by atoms with van der Waals surface area (Å²) in [6, 6.07) is 7.49. The van der Waals surface area contributed by atoms with Gasteiger partial charge in [0.25, 0.3) is 0 Å². The smallest absolute Gasteiger partial charge is 0.220 e. The minimum atomic E-state index is -0.614. The lowest BCUT2D eigenvalue weighted by Crippen LogP contribution is -2.51. The molecule has 0 aliphatic carbocycles. The van der Waals surface area contributed by atoms with Crippen molar-refractivity contribution in [1.82, 2.24) is 5.32 Å². The maximum atomic E-state index is 11.8. The number of rotatable bonds is 5. The van der Waals surface area contributed by atoms with Crippen molar-refractivity contribution in [3.05, 3.63) is 34.9 Å². The first-order valence-electron chi connectivity index (χ1n) is 6.05. The van der Waals surface area contributed by atoms with Gasteiger partial charge in [0.05, 0.1) is 11.6 Å². The number of carbonyl (C=O) groups excluding carboxylic acids is 1. The van der Waals surface area contributed by atoms with Crippen LogP contribution in [-0.2, 0) is 11.2 Å².